The van der Waals surface area contributed by atoms with E-state index in [9.17, 15) is 0 Å². The standard InChI is InChI=1S/C8H15Br2O3P/c1-8(2)5-12-14(13-6-8)11-4-7(10)3-9/h7H,3-6H2,1-2H3. The normalized spacial score (nSPS) is 24.9. The molecule has 0 saturated carbocycles. The molecule has 0 amide bonds. The highest BCUT2D eigenvalue weighted by Gasteiger charge is 2.30. The second-order valence-corrected chi connectivity index (χ2v) is 7.15. The average Bonchev–Trinajstić information content (AvgIpc) is 2.16. The van der Waals surface area contributed by atoms with Gasteiger partial charge in [-0.05, 0) is 0 Å². The molecule has 0 aromatic heterocycles. The predicted molar refractivity (Wildman–Crippen MR) is 65.1 cm³/mol. The molecule has 1 saturated heterocycles. The minimum atomic E-state index is -1.12. The Balaban J connectivity index is 2.16. The summed E-state index contributed by atoms with van der Waals surface area (Å²) in [6.45, 7) is 6.26. The highest BCUT2D eigenvalue weighted by Crippen LogP contribution is 2.46. The second kappa shape index (κ2) is 6.12. The van der Waals surface area contributed by atoms with Gasteiger partial charge in [0.1, 0.15) is 0 Å². The maximum atomic E-state index is 5.47. The Hall–Kier alpha value is 1.27. The Morgan fingerprint density at radius 3 is 2.50 bits per heavy atom. The van der Waals surface area contributed by atoms with Crippen molar-refractivity contribution in [1.82, 2.24) is 0 Å². The highest BCUT2D eigenvalue weighted by atomic mass is 79.9. The maximum absolute atomic E-state index is 5.47. The third kappa shape index (κ3) is 4.86. The van der Waals surface area contributed by atoms with Crippen molar-refractivity contribution in [2.75, 3.05) is 25.2 Å². The minimum Gasteiger partial charge on any atom is -0.312 e. The van der Waals surface area contributed by atoms with E-state index >= 15 is 0 Å². The van der Waals surface area contributed by atoms with Crippen LogP contribution in [0.1, 0.15) is 13.8 Å². The van der Waals surface area contributed by atoms with Crippen LogP contribution in [-0.2, 0) is 13.6 Å². The zero-order chi connectivity index (χ0) is 10.6. The Morgan fingerprint density at radius 1 is 1.43 bits per heavy atom. The molecule has 14 heavy (non-hydrogen) atoms. The third-order valence-corrected chi connectivity index (χ3v) is 4.93. The van der Waals surface area contributed by atoms with Gasteiger partial charge in [0.25, 0.3) is 0 Å². The van der Waals surface area contributed by atoms with Gasteiger partial charge in [-0.25, -0.2) is 0 Å². The zero-order valence-corrected chi connectivity index (χ0v) is 12.4. The fraction of sp³-hybridized carbons (Fsp3) is 1.00. The average molecular weight is 350 g/mol. The van der Waals surface area contributed by atoms with Gasteiger partial charge in [-0.3, -0.25) is 0 Å². The summed E-state index contributed by atoms with van der Waals surface area (Å²) in [6, 6.07) is 0. The Morgan fingerprint density at radius 2 is 2.00 bits per heavy atom. The summed E-state index contributed by atoms with van der Waals surface area (Å²) < 4.78 is 16.4. The molecular weight excluding hydrogens is 335 g/mol. The van der Waals surface area contributed by atoms with Gasteiger partial charge in [0, 0.05) is 15.6 Å². The molecule has 3 nitrogen and oxygen atoms in total. The highest BCUT2D eigenvalue weighted by molar-refractivity contribution is 9.12. The van der Waals surface area contributed by atoms with E-state index in [4.69, 9.17) is 13.6 Å². The molecule has 1 aliphatic rings. The molecule has 84 valence electrons. The summed E-state index contributed by atoms with van der Waals surface area (Å²) in [6.07, 6.45) is 0. The largest absolute Gasteiger partial charge is 0.332 e. The fourth-order valence-electron chi connectivity index (χ4n) is 0.795. The monoisotopic (exact) mass is 348 g/mol. The molecule has 1 unspecified atom stereocenters. The lowest BCUT2D eigenvalue weighted by molar-refractivity contribution is 0.0284. The summed E-state index contributed by atoms with van der Waals surface area (Å²) in [7, 11) is -1.12. The third-order valence-electron chi connectivity index (χ3n) is 1.65. The molecule has 6 heteroatoms. The first-order valence-electron chi connectivity index (χ1n) is 4.42. The minimum absolute atomic E-state index is 0.116. The number of halogens is 2. The van der Waals surface area contributed by atoms with Gasteiger partial charge < -0.3 is 13.6 Å². The number of alkyl halides is 2. The van der Waals surface area contributed by atoms with Crippen LogP contribution in [0, 0.1) is 5.41 Å². The molecule has 0 N–H and O–H groups in total. The summed E-state index contributed by atoms with van der Waals surface area (Å²) in [4.78, 5) is 0.312. The van der Waals surface area contributed by atoms with Crippen LogP contribution >= 0.6 is 40.5 Å². The summed E-state index contributed by atoms with van der Waals surface area (Å²) in [5.41, 5.74) is 0.116. The Labute approximate surface area is 103 Å². The number of rotatable bonds is 4. The zero-order valence-electron chi connectivity index (χ0n) is 8.33. The van der Waals surface area contributed by atoms with Gasteiger partial charge in [-0.15, -0.1) is 0 Å². The topological polar surface area (TPSA) is 27.7 Å². The van der Waals surface area contributed by atoms with E-state index in [1.165, 1.54) is 0 Å². The van der Waals surface area contributed by atoms with Crippen LogP contribution < -0.4 is 0 Å². The van der Waals surface area contributed by atoms with E-state index in [2.05, 4.69) is 45.7 Å². The molecule has 0 spiro atoms. The quantitative estimate of drug-likeness (QED) is 0.574. The van der Waals surface area contributed by atoms with Gasteiger partial charge >= 0.3 is 8.60 Å². The van der Waals surface area contributed by atoms with Crippen molar-refractivity contribution in [2.24, 2.45) is 5.41 Å². The van der Waals surface area contributed by atoms with Crippen LogP contribution in [0.15, 0.2) is 0 Å². The molecule has 1 atom stereocenters. The fourth-order valence-corrected chi connectivity index (χ4v) is 2.75. The van der Waals surface area contributed by atoms with E-state index in [0.29, 0.717) is 24.6 Å². The van der Waals surface area contributed by atoms with E-state index in [-0.39, 0.29) is 5.41 Å². The summed E-state index contributed by atoms with van der Waals surface area (Å²) in [5, 5.41) is 0.863. The molecule has 1 fully saturated rings. The van der Waals surface area contributed by atoms with Gasteiger partial charge in [-0.1, -0.05) is 45.7 Å². The van der Waals surface area contributed by atoms with Gasteiger partial charge in [0.2, 0.25) is 0 Å². The van der Waals surface area contributed by atoms with E-state index in [0.717, 1.165) is 5.33 Å². The molecular formula is C8H15Br2O3P. The molecule has 0 aliphatic carbocycles. The molecule has 0 aromatic rings. The summed E-state index contributed by atoms with van der Waals surface area (Å²) >= 11 is 6.81. The molecule has 1 heterocycles. The van der Waals surface area contributed by atoms with Crippen molar-refractivity contribution in [3.8, 4) is 0 Å². The Kier molecular flexibility index (Phi) is 5.83. The lowest BCUT2D eigenvalue weighted by atomic mass is 9.97. The van der Waals surface area contributed by atoms with E-state index < -0.39 is 8.60 Å². The van der Waals surface area contributed by atoms with Crippen LogP contribution in [0.3, 0.4) is 0 Å². The Bertz CT molecular complexity index is 170. The molecule has 1 rings (SSSR count). The van der Waals surface area contributed by atoms with Gasteiger partial charge in [0.15, 0.2) is 0 Å². The van der Waals surface area contributed by atoms with Crippen molar-refractivity contribution in [2.45, 2.75) is 18.7 Å². The number of hydrogen-bond donors (Lipinski definition) is 0. The first-order valence-corrected chi connectivity index (χ1v) is 7.56. The van der Waals surface area contributed by atoms with Crippen LogP contribution in [0.25, 0.3) is 0 Å². The van der Waals surface area contributed by atoms with Gasteiger partial charge in [-0.2, -0.15) is 0 Å². The maximum Gasteiger partial charge on any atom is 0.332 e. The SMILES string of the molecule is CC1(C)COP(OCC(Br)CBr)OC1. The van der Waals surface area contributed by atoms with Crippen LogP contribution in [0.4, 0.5) is 0 Å². The van der Waals surface area contributed by atoms with Crippen molar-refractivity contribution < 1.29 is 13.6 Å². The second-order valence-electron chi connectivity index (χ2n) is 3.98. The summed E-state index contributed by atoms with van der Waals surface area (Å²) in [5.74, 6) is 0. The first-order chi connectivity index (χ1) is 6.53. The molecule has 0 radical (unpaired) electrons. The molecule has 1 aliphatic heterocycles. The smallest absolute Gasteiger partial charge is 0.312 e. The van der Waals surface area contributed by atoms with Crippen molar-refractivity contribution in [3.05, 3.63) is 0 Å². The van der Waals surface area contributed by atoms with Crippen LogP contribution in [0.5, 0.6) is 0 Å². The molecule has 0 bridgehead atoms. The van der Waals surface area contributed by atoms with Crippen molar-refractivity contribution in [3.63, 3.8) is 0 Å². The van der Waals surface area contributed by atoms with E-state index in [1.54, 1.807) is 0 Å². The first kappa shape index (κ1) is 13.3. The lowest BCUT2D eigenvalue weighted by Gasteiger charge is -2.32. The number of hydrogen-bond acceptors (Lipinski definition) is 3. The van der Waals surface area contributed by atoms with Crippen molar-refractivity contribution in [1.29, 1.82) is 0 Å². The molecule has 0 aromatic carbocycles. The predicted octanol–water partition coefficient (Wildman–Crippen LogP) is 3.46. The lowest BCUT2D eigenvalue weighted by Crippen LogP contribution is -2.28. The van der Waals surface area contributed by atoms with Crippen LogP contribution in [-0.4, -0.2) is 30.0 Å². The van der Waals surface area contributed by atoms with Gasteiger partial charge in [0.05, 0.1) is 19.8 Å². The van der Waals surface area contributed by atoms with Crippen molar-refractivity contribution >= 4 is 40.5 Å². The van der Waals surface area contributed by atoms with Crippen LogP contribution in [0.2, 0.25) is 0 Å². The van der Waals surface area contributed by atoms with E-state index in [1.807, 2.05) is 0 Å².